The first-order valence-electron chi connectivity index (χ1n) is 7.08. The Kier molecular flexibility index (Phi) is 6.27. The van der Waals surface area contributed by atoms with Gasteiger partial charge in [-0.25, -0.2) is 0 Å². The molecule has 2 aliphatic rings. The zero-order valence-electron chi connectivity index (χ0n) is 12.0. The molecule has 0 amide bonds. The van der Waals surface area contributed by atoms with Crippen molar-refractivity contribution in [3.63, 3.8) is 0 Å². The quantitative estimate of drug-likeness (QED) is 0.243. The number of aliphatic hydroxyl groups excluding tert-OH is 8. The zero-order valence-corrected chi connectivity index (χ0v) is 12.0. The molecular formula is C12H22O11. The van der Waals surface area contributed by atoms with Crippen LogP contribution in [0.5, 0.6) is 0 Å². The molecule has 2 heterocycles. The fraction of sp³-hybridized carbons (Fsp3) is 1.00. The summed E-state index contributed by atoms with van der Waals surface area (Å²) in [5.74, 6) is 0. The fourth-order valence-electron chi connectivity index (χ4n) is 2.57. The van der Waals surface area contributed by atoms with Gasteiger partial charge in [-0.05, 0) is 0 Å². The number of hydrogen-bond acceptors (Lipinski definition) is 11. The summed E-state index contributed by atoms with van der Waals surface area (Å²) < 4.78 is 15.3. The Morgan fingerprint density at radius 1 is 0.652 bits per heavy atom. The second kappa shape index (κ2) is 7.63. The highest BCUT2D eigenvalue weighted by Crippen LogP contribution is 2.28. The van der Waals surface area contributed by atoms with E-state index in [1.807, 2.05) is 0 Å². The highest BCUT2D eigenvalue weighted by molar-refractivity contribution is 4.93. The van der Waals surface area contributed by atoms with Crippen LogP contribution in [0.2, 0.25) is 0 Å². The van der Waals surface area contributed by atoms with E-state index >= 15 is 0 Å². The lowest BCUT2D eigenvalue weighted by molar-refractivity contribution is -0.355. The molecule has 0 saturated carbocycles. The van der Waals surface area contributed by atoms with Crippen molar-refractivity contribution in [1.29, 1.82) is 0 Å². The average molecular weight is 342 g/mol. The van der Waals surface area contributed by atoms with Crippen LogP contribution in [0.4, 0.5) is 0 Å². The van der Waals surface area contributed by atoms with Crippen molar-refractivity contribution in [3.05, 3.63) is 0 Å². The number of hydrogen-bond donors (Lipinski definition) is 8. The van der Waals surface area contributed by atoms with E-state index in [0.29, 0.717) is 0 Å². The Morgan fingerprint density at radius 3 is 1.83 bits per heavy atom. The number of ether oxygens (including phenoxy) is 3. The summed E-state index contributed by atoms with van der Waals surface area (Å²) in [6.07, 6.45) is -15.6. The first-order valence-corrected chi connectivity index (χ1v) is 7.08. The smallest absolute Gasteiger partial charge is 0.187 e. The summed E-state index contributed by atoms with van der Waals surface area (Å²) in [5.41, 5.74) is 0. The van der Waals surface area contributed by atoms with Gasteiger partial charge in [-0.2, -0.15) is 0 Å². The summed E-state index contributed by atoms with van der Waals surface area (Å²) in [7, 11) is 0. The van der Waals surface area contributed by atoms with E-state index < -0.39 is 74.6 Å². The molecule has 0 spiro atoms. The van der Waals surface area contributed by atoms with E-state index in [0.717, 1.165) is 0 Å². The van der Waals surface area contributed by atoms with E-state index in [9.17, 15) is 35.7 Å². The van der Waals surface area contributed by atoms with E-state index in [1.165, 1.54) is 0 Å². The monoisotopic (exact) mass is 342 g/mol. The largest absolute Gasteiger partial charge is 0.394 e. The van der Waals surface area contributed by atoms with Crippen molar-refractivity contribution in [2.45, 2.75) is 61.4 Å². The van der Waals surface area contributed by atoms with E-state index in [4.69, 9.17) is 19.3 Å². The first-order chi connectivity index (χ1) is 10.8. The Bertz CT molecular complexity index is 378. The maximum absolute atomic E-state index is 9.94. The van der Waals surface area contributed by atoms with Gasteiger partial charge in [0.2, 0.25) is 0 Å². The van der Waals surface area contributed by atoms with Crippen LogP contribution in [0.15, 0.2) is 0 Å². The molecular weight excluding hydrogens is 320 g/mol. The lowest BCUT2D eigenvalue weighted by atomic mass is 9.97. The molecule has 2 aliphatic heterocycles. The maximum atomic E-state index is 9.94. The van der Waals surface area contributed by atoms with Gasteiger partial charge in [-0.15, -0.1) is 0 Å². The zero-order chi connectivity index (χ0) is 17.3. The highest BCUT2D eigenvalue weighted by atomic mass is 16.7. The van der Waals surface area contributed by atoms with Gasteiger partial charge in [0.25, 0.3) is 0 Å². The van der Waals surface area contributed by atoms with Crippen molar-refractivity contribution in [2.75, 3.05) is 13.2 Å². The van der Waals surface area contributed by atoms with E-state index in [2.05, 4.69) is 0 Å². The second-order valence-corrected chi connectivity index (χ2v) is 5.53. The molecule has 0 bridgehead atoms. The molecule has 23 heavy (non-hydrogen) atoms. The predicted octanol–water partition coefficient (Wildman–Crippen LogP) is -5.40. The van der Waals surface area contributed by atoms with Gasteiger partial charge in [-0.1, -0.05) is 0 Å². The summed E-state index contributed by atoms with van der Waals surface area (Å²) in [5, 5.41) is 76.5. The van der Waals surface area contributed by atoms with Crippen LogP contribution in [0.1, 0.15) is 0 Å². The molecule has 0 aromatic heterocycles. The maximum Gasteiger partial charge on any atom is 0.187 e. The van der Waals surface area contributed by atoms with Crippen molar-refractivity contribution < 1.29 is 55.1 Å². The molecule has 0 radical (unpaired) electrons. The lowest BCUT2D eigenvalue weighted by Gasteiger charge is -2.45. The summed E-state index contributed by atoms with van der Waals surface area (Å²) in [4.78, 5) is 0. The summed E-state index contributed by atoms with van der Waals surface area (Å²) in [6.45, 7) is -1.35. The van der Waals surface area contributed by atoms with Crippen LogP contribution in [-0.4, -0.2) is 115 Å². The van der Waals surface area contributed by atoms with Gasteiger partial charge in [0.15, 0.2) is 12.6 Å². The van der Waals surface area contributed by atoms with Crippen LogP contribution < -0.4 is 0 Å². The SMILES string of the molecule is OC[C@@H]1O[C@H](O[C@H]2[C@@H](O)[C@@H](O)[C@@H](O)O[C@H]2CO)[C@H](O)[C@@H](O)[C@@H]1O. The second-order valence-electron chi connectivity index (χ2n) is 5.53. The third-order valence-corrected chi connectivity index (χ3v) is 3.98. The fourth-order valence-corrected chi connectivity index (χ4v) is 2.57. The van der Waals surface area contributed by atoms with Crippen molar-refractivity contribution in [3.8, 4) is 0 Å². The highest BCUT2D eigenvalue weighted by Gasteiger charge is 2.50. The molecule has 0 aromatic carbocycles. The van der Waals surface area contributed by atoms with Gasteiger partial charge in [0.05, 0.1) is 13.2 Å². The molecule has 11 heteroatoms. The molecule has 0 aliphatic carbocycles. The number of aliphatic hydroxyl groups is 8. The topological polar surface area (TPSA) is 190 Å². The van der Waals surface area contributed by atoms with Gasteiger partial charge in [-0.3, -0.25) is 0 Å². The third-order valence-electron chi connectivity index (χ3n) is 3.98. The Labute approximate surface area is 130 Å². The number of rotatable bonds is 4. The molecule has 10 atom stereocenters. The Morgan fingerprint density at radius 2 is 1.26 bits per heavy atom. The minimum absolute atomic E-state index is 0.667. The molecule has 2 saturated heterocycles. The van der Waals surface area contributed by atoms with Gasteiger partial charge < -0.3 is 55.1 Å². The molecule has 0 aromatic rings. The van der Waals surface area contributed by atoms with Crippen LogP contribution in [0, 0.1) is 0 Å². The van der Waals surface area contributed by atoms with E-state index in [-0.39, 0.29) is 0 Å². The normalized spacial score (nSPS) is 51.7. The van der Waals surface area contributed by atoms with Gasteiger partial charge in [0, 0.05) is 0 Å². The summed E-state index contributed by atoms with van der Waals surface area (Å²) in [6, 6.07) is 0. The lowest BCUT2D eigenvalue weighted by Crippen LogP contribution is -2.64. The van der Waals surface area contributed by atoms with Crippen LogP contribution in [0.25, 0.3) is 0 Å². The Hall–Kier alpha value is -0.440. The first kappa shape index (κ1) is 18.9. The van der Waals surface area contributed by atoms with Crippen molar-refractivity contribution in [1.82, 2.24) is 0 Å². The van der Waals surface area contributed by atoms with Crippen LogP contribution in [0.3, 0.4) is 0 Å². The van der Waals surface area contributed by atoms with Crippen LogP contribution in [-0.2, 0) is 14.2 Å². The minimum atomic E-state index is -1.74. The average Bonchev–Trinajstić information content (AvgIpc) is 2.55. The molecule has 2 rings (SSSR count). The third kappa shape index (κ3) is 3.65. The van der Waals surface area contributed by atoms with Crippen molar-refractivity contribution >= 4 is 0 Å². The standard InChI is InChI=1S/C12H22O11/c13-1-3-5(15)6(16)9(19)12(22-3)23-10-4(2-14)21-11(20)8(18)7(10)17/h3-20H,1-2H2/t3-,4-,5+,6-,7-,8+,9+,10+,11-,12+/m0/s1. The van der Waals surface area contributed by atoms with Gasteiger partial charge in [0.1, 0.15) is 48.8 Å². The molecule has 11 nitrogen and oxygen atoms in total. The minimum Gasteiger partial charge on any atom is -0.394 e. The molecule has 136 valence electrons. The van der Waals surface area contributed by atoms with Gasteiger partial charge >= 0.3 is 0 Å². The van der Waals surface area contributed by atoms with E-state index in [1.54, 1.807) is 0 Å². The predicted molar refractivity (Wildman–Crippen MR) is 68.6 cm³/mol. The van der Waals surface area contributed by atoms with Crippen molar-refractivity contribution in [2.24, 2.45) is 0 Å². The molecule has 0 unspecified atom stereocenters. The Balaban J connectivity index is 2.11. The molecule has 8 N–H and O–H groups in total. The van der Waals surface area contributed by atoms with Crippen LogP contribution >= 0.6 is 0 Å². The summed E-state index contributed by atoms with van der Waals surface area (Å²) >= 11 is 0. The molecule has 2 fully saturated rings.